The number of ether oxygens (including phenoxy) is 2. The van der Waals surface area contributed by atoms with Crippen LogP contribution in [0.4, 0.5) is 0 Å². The Bertz CT molecular complexity index is 359. The van der Waals surface area contributed by atoms with E-state index in [0.717, 1.165) is 26.1 Å². The molecule has 2 heterocycles. The van der Waals surface area contributed by atoms with E-state index >= 15 is 0 Å². The van der Waals surface area contributed by atoms with Crippen LogP contribution in [0.2, 0.25) is 5.15 Å². The van der Waals surface area contributed by atoms with Crippen LogP contribution in [-0.2, 0) is 4.74 Å². The van der Waals surface area contributed by atoms with Crippen molar-refractivity contribution in [3.63, 3.8) is 0 Å². The van der Waals surface area contributed by atoms with Gasteiger partial charge < -0.3 is 9.47 Å². The van der Waals surface area contributed by atoms with Crippen molar-refractivity contribution in [1.82, 2.24) is 9.97 Å². The molecule has 0 unspecified atom stereocenters. The van der Waals surface area contributed by atoms with Crippen LogP contribution in [0.5, 0.6) is 5.88 Å². The summed E-state index contributed by atoms with van der Waals surface area (Å²) < 4.78 is 11.5. The molecule has 1 aliphatic rings. The van der Waals surface area contributed by atoms with Gasteiger partial charge in [-0.1, -0.05) is 11.6 Å². The summed E-state index contributed by atoms with van der Waals surface area (Å²) in [6.07, 6.45) is 3.47. The fourth-order valence-corrected chi connectivity index (χ4v) is 1.99. The maximum absolute atomic E-state index is 5.84. The first-order valence-corrected chi connectivity index (χ1v) is 6.31. The van der Waals surface area contributed by atoms with Crippen molar-refractivity contribution in [3.05, 3.63) is 16.0 Å². The lowest BCUT2D eigenvalue weighted by Gasteiger charge is -2.21. The molecule has 6 heteroatoms. The zero-order chi connectivity index (χ0) is 11.4. The van der Waals surface area contributed by atoms with Gasteiger partial charge in [0.2, 0.25) is 5.88 Å². The number of rotatable bonds is 3. The zero-order valence-corrected chi connectivity index (χ0v) is 11.0. The van der Waals surface area contributed by atoms with Crippen molar-refractivity contribution >= 4 is 27.5 Å². The number of nitrogens with zero attached hydrogens (tertiary/aromatic N) is 2. The molecule has 0 aliphatic carbocycles. The maximum atomic E-state index is 5.84. The van der Waals surface area contributed by atoms with Gasteiger partial charge in [0.15, 0.2) is 5.15 Å². The van der Waals surface area contributed by atoms with Gasteiger partial charge in [0, 0.05) is 13.2 Å². The minimum atomic E-state index is 0.372. The number of halogens is 2. The van der Waals surface area contributed by atoms with Gasteiger partial charge in [-0.05, 0) is 34.7 Å². The third-order valence-electron chi connectivity index (χ3n) is 2.51. The number of hydrogen-bond acceptors (Lipinski definition) is 4. The molecule has 1 fully saturated rings. The Morgan fingerprint density at radius 3 is 2.94 bits per heavy atom. The van der Waals surface area contributed by atoms with E-state index in [0.29, 0.717) is 28.0 Å². The molecule has 1 aromatic heterocycles. The molecule has 0 saturated carbocycles. The topological polar surface area (TPSA) is 44.2 Å². The Labute approximate surface area is 107 Å². The van der Waals surface area contributed by atoms with Gasteiger partial charge in [-0.2, -0.15) is 0 Å². The summed E-state index contributed by atoms with van der Waals surface area (Å²) in [6, 6.07) is 0. The lowest BCUT2D eigenvalue weighted by atomic mass is 10.0. The second-order valence-electron chi connectivity index (χ2n) is 3.65. The summed E-state index contributed by atoms with van der Waals surface area (Å²) in [5, 5.41) is 0.372. The average molecular weight is 308 g/mol. The smallest absolute Gasteiger partial charge is 0.232 e. The van der Waals surface area contributed by atoms with Crippen LogP contribution in [0, 0.1) is 5.92 Å². The maximum Gasteiger partial charge on any atom is 0.232 e. The van der Waals surface area contributed by atoms with Crippen molar-refractivity contribution in [3.8, 4) is 5.88 Å². The van der Waals surface area contributed by atoms with Crippen molar-refractivity contribution in [2.24, 2.45) is 5.92 Å². The lowest BCUT2D eigenvalue weighted by Crippen LogP contribution is -2.21. The Hall–Kier alpha value is -0.390. The standard InChI is InChI=1S/C10H12BrClN2O2/c11-8-9(12)13-6-14-10(8)16-5-7-1-3-15-4-2-7/h6-7H,1-5H2. The third-order valence-corrected chi connectivity index (χ3v) is 3.74. The van der Waals surface area contributed by atoms with Crippen LogP contribution in [-0.4, -0.2) is 29.8 Å². The Kier molecular flexibility index (Phi) is 4.37. The van der Waals surface area contributed by atoms with E-state index in [2.05, 4.69) is 25.9 Å². The predicted octanol–water partition coefficient (Wildman–Crippen LogP) is 2.70. The molecule has 0 radical (unpaired) electrons. The normalized spacial score (nSPS) is 17.4. The summed E-state index contributed by atoms with van der Waals surface area (Å²) in [6.45, 7) is 2.29. The van der Waals surface area contributed by atoms with Gasteiger partial charge in [-0.15, -0.1) is 0 Å². The third kappa shape index (κ3) is 3.06. The highest BCUT2D eigenvalue weighted by Crippen LogP contribution is 2.28. The van der Waals surface area contributed by atoms with E-state index in [4.69, 9.17) is 21.1 Å². The van der Waals surface area contributed by atoms with Gasteiger partial charge in [0.1, 0.15) is 10.8 Å². The highest BCUT2D eigenvalue weighted by Gasteiger charge is 2.16. The van der Waals surface area contributed by atoms with Crippen LogP contribution >= 0.6 is 27.5 Å². The molecule has 2 rings (SSSR count). The first kappa shape index (κ1) is 12.1. The molecule has 4 nitrogen and oxygen atoms in total. The second-order valence-corrected chi connectivity index (χ2v) is 4.80. The molecule has 1 aromatic rings. The molecule has 0 N–H and O–H groups in total. The molecular formula is C10H12BrClN2O2. The highest BCUT2D eigenvalue weighted by molar-refractivity contribution is 9.10. The van der Waals surface area contributed by atoms with Gasteiger partial charge in [0.05, 0.1) is 6.61 Å². The largest absolute Gasteiger partial charge is 0.476 e. The highest BCUT2D eigenvalue weighted by atomic mass is 79.9. The van der Waals surface area contributed by atoms with Gasteiger partial charge in [-0.3, -0.25) is 0 Å². The van der Waals surface area contributed by atoms with Crippen molar-refractivity contribution < 1.29 is 9.47 Å². The molecule has 1 aliphatic heterocycles. The van der Waals surface area contributed by atoms with Crippen molar-refractivity contribution in [2.75, 3.05) is 19.8 Å². The Morgan fingerprint density at radius 1 is 1.44 bits per heavy atom. The Balaban J connectivity index is 1.91. The van der Waals surface area contributed by atoms with Gasteiger partial charge in [0.25, 0.3) is 0 Å². The lowest BCUT2D eigenvalue weighted by molar-refractivity contribution is 0.0489. The molecular weight excluding hydrogens is 295 g/mol. The minimum absolute atomic E-state index is 0.372. The van der Waals surface area contributed by atoms with E-state index in [1.165, 1.54) is 6.33 Å². The molecule has 0 atom stereocenters. The fourth-order valence-electron chi connectivity index (χ4n) is 1.54. The van der Waals surface area contributed by atoms with E-state index in [9.17, 15) is 0 Å². The first-order chi connectivity index (χ1) is 7.77. The fraction of sp³-hybridized carbons (Fsp3) is 0.600. The van der Waals surface area contributed by atoms with E-state index < -0.39 is 0 Å². The monoisotopic (exact) mass is 306 g/mol. The molecule has 1 saturated heterocycles. The van der Waals surface area contributed by atoms with Crippen molar-refractivity contribution in [2.45, 2.75) is 12.8 Å². The van der Waals surface area contributed by atoms with Crippen LogP contribution in [0.25, 0.3) is 0 Å². The molecule has 88 valence electrons. The number of hydrogen-bond donors (Lipinski definition) is 0. The zero-order valence-electron chi connectivity index (χ0n) is 8.66. The van der Waals surface area contributed by atoms with E-state index in [1.54, 1.807) is 0 Å². The van der Waals surface area contributed by atoms with Crippen LogP contribution < -0.4 is 4.74 Å². The predicted molar refractivity (Wildman–Crippen MR) is 63.8 cm³/mol. The summed E-state index contributed by atoms with van der Waals surface area (Å²) in [7, 11) is 0. The van der Waals surface area contributed by atoms with Crippen LogP contribution in [0.15, 0.2) is 10.8 Å². The van der Waals surface area contributed by atoms with E-state index in [1.807, 2.05) is 0 Å². The van der Waals surface area contributed by atoms with Gasteiger partial charge in [-0.25, -0.2) is 9.97 Å². The molecule has 16 heavy (non-hydrogen) atoms. The quantitative estimate of drug-likeness (QED) is 0.805. The van der Waals surface area contributed by atoms with E-state index in [-0.39, 0.29) is 0 Å². The minimum Gasteiger partial charge on any atom is -0.476 e. The molecule has 0 spiro atoms. The summed E-state index contributed by atoms with van der Waals surface area (Å²) in [5.74, 6) is 1.04. The molecule has 0 aromatic carbocycles. The first-order valence-electron chi connectivity index (χ1n) is 5.14. The summed E-state index contributed by atoms with van der Waals surface area (Å²) in [4.78, 5) is 7.87. The Morgan fingerprint density at radius 2 is 2.19 bits per heavy atom. The van der Waals surface area contributed by atoms with Crippen LogP contribution in [0.1, 0.15) is 12.8 Å². The summed E-state index contributed by atoms with van der Waals surface area (Å²) in [5.41, 5.74) is 0. The SMILES string of the molecule is Clc1ncnc(OCC2CCOCC2)c1Br. The summed E-state index contributed by atoms with van der Waals surface area (Å²) >= 11 is 9.14. The van der Waals surface area contributed by atoms with Gasteiger partial charge >= 0.3 is 0 Å². The van der Waals surface area contributed by atoms with Crippen molar-refractivity contribution in [1.29, 1.82) is 0 Å². The molecule has 0 amide bonds. The average Bonchev–Trinajstić information content (AvgIpc) is 2.32. The van der Waals surface area contributed by atoms with Crippen LogP contribution in [0.3, 0.4) is 0 Å². The number of aromatic nitrogens is 2. The second kappa shape index (κ2) is 5.80. The molecule has 0 bridgehead atoms.